The Morgan fingerprint density at radius 3 is 3.00 bits per heavy atom. The van der Waals surface area contributed by atoms with Crippen LogP contribution in [0, 0.1) is 5.92 Å². The molecule has 1 aliphatic rings. The van der Waals surface area contributed by atoms with Crippen molar-refractivity contribution in [1.82, 2.24) is 0 Å². The van der Waals surface area contributed by atoms with Gasteiger partial charge in [-0.2, -0.15) is 0 Å². The van der Waals surface area contributed by atoms with E-state index in [4.69, 9.17) is 5.11 Å². The molecule has 64 valence electrons. The van der Waals surface area contributed by atoms with Crippen LogP contribution in [-0.4, -0.2) is 23.3 Å². The summed E-state index contributed by atoms with van der Waals surface area (Å²) in [6, 6.07) is 0. The maximum absolute atomic E-state index is 10.7. The average Bonchev–Trinajstić information content (AvgIpc) is 2.05. The Balaban J connectivity index is 2.85. The SMILES string of the molecule is CCN=C1C=CC=CC1C(=O)O. The molecule has 0 fully saturated rings. The van der Waals surface area contributed by atoms with Crippen LogP contribution in [0.15, 0.2) is 29.3 Å². The number of carboxylic acid groups (broad SMARTS) is 1. The molecule has 1 rings (SSSR count). The number of rotatable bonds is 2. The van der Waals surface area contributed by atoms with Gasteiger partial charge in [0.25, 0.3) is 0 Å². The van der Waals surface area contributed by atoms with Gasteiger partial charge >= 0.3 is 5.97 Å². The highest BCUT2D eigenvalue weighted by Gasteiger charge is 2.19. The van der Waals surface area contributed by atoms with E-state index in [2.05, 4.69) is 4.99 Å². The molecule has 0 saturated heterocycles. The first-order chi connectivity index (χ1) is 5.75. The Morgan fingerprint density at radius 1 is 1.67 bits per heavy atom. The third-order valence-electron chi connectivity index (χ3n) is 1.61. The molecule has 1 aliphatic carbocycles. The summed E-state index contributed by atoms with van der Waals surface area (Å²) < 4.78 is 0. The van der Waals surface area contributed by atoms with Crippen molar-refractivity contribution < 1.29 is 9.90 Å². The fraction of sp³-hybridized carbons (Fsp3) is 0.333. The summed E-state index contributed by atoms with van der Waals surface area (Å²) in [4.78, 5) is 14.8. The zero-order valence-electron chi connectivity index (χ0n) is 6.90. The molecule has 12 heavy (non-hydrogen) atoms. The molecule has 0 radical (unpaired) electrons. The van der Waals surface area contributed by atoms with Crippen LogP contribution in [-0.2, 0) is 4.79 Å². The van der Waals surface area contributed by atoms with Gasteiger partial charge in [0.2, 0.25) is 0 Å². The van der Waals surface area contributed by atoms with E-state index in [0.29, 0.717) is 12.3 Å². The minimum Gasteiger partial charge on any atom is -0.481 e. The Bertz CT molecular complexity index is 264. The number of hydrogen-bond acceptors (Lipinski definition) is 2. The number of carbonyl (C=O) groups is 1. The van der Waals surface area contributed by atoms with E-state index in [0.717, 1.165) is 0 Å². The summed E-state index contributed by atoms with van der Waals surface area (Å²) in [6.07, 6.45) is 6.90. The zero-order valence-corrected chi connectivity index (χ0v) is 6.90. The minimum atomic E-state index is -0.845. The number of hydrogen-bond donors (Lipinski definition) is 1. The molecule has 0 aromatic rings. The molecule has 0 heterocycles. The van der Waals surface area contributed by atoms with E-state index < -0.39 is 11.9 Å². The van der Waals surface area contributed by atoms with Crippen molar-refractivity contribution in [2.24, 2.45) is 10.9 Å². The Hall–Kier alpha value is -1.38. The third kappa shape index (κ3) is 1.81. The van der Waals surface area contributed by atoms with Crippen molar-refractivity contribution in [3.8, 4) is 0 Å². The molecule has 0 aromatic heterocycles. The van der Waals surface area contributed by atoms with Crippen LogP contribution in [0.4, 0.5) is 0 Å². The largest absolute Gasteiger partial charge is 0.481 e. The molecule has 1 unspecified atom stereocenters. The van der Waals surface area contributed by atoms with Crippen molar-refractivity contribution in [3.63, 3.8) is 0 Å². The van der Waals surface area contributed by atoms with Gasteiger partial charge in [-0.05, 0) is 13.0 Å². The molecule has 3 heteroatoms. The summed E-state index contributed by atoms with van der Waals surface area (Å²) in [5.74, 6) is -1.40. The highest BCUT2D eigenvalue weighted by Crippen LogP contribution is 2.09. The lowest BCUT2D eigenvalue weighted by Crippen LogP contribution is -2.21. The summed E-state index contributed by atoms with van der Waals surface area (Å²) in [6.45, 7) is 2.51. The van der Waals surface area contributed by atoms with E-state index in [-0.39, 0.29) is 0 Å². The Labute approximate surface area is 71.1 Å². The van der Waals surface area contributed by atoms with E-state index >= 15 is 0 Å². The highest BCUT2D eigenvalue weighted by atomic mass is 16.4. The second-order valence-electron chi connectivity index (χ2n) is 2.46. The van der Waals surface area contributed by atoms with Gasteiger partial charge in [-0.1, -0.05) is 18.2 Å². The lowest BCUT2D eigenvalue weighted by Gasteiger charge is -2.10. The van der Waals surface area contributed by atoms with E-state index in [1.54, 1.807) is 24.3 Å². The second kappa shape index (κ2) is 3.85. The maximum Gasteiger partial charge on any atom is 0.316 e. The molecular weight excluding hydrogens is 154 g/mol. The predicted octanol–water partition coefficient (Wildman–Crippen LogP) is 1.27. The number of aliphatic imine (C=N–C) groups is 1. The predicted molar refractivity (Wildman–Crippen MR) is 47.4 cm³/mol. The van der Waals surface area contributed by atoms with E-state index in [1.807, 2.05) is 6.92 Å². The molecular formula is C9H11NO2. The van der Waals surface area contributed by atoms with Crippen LogP contribution in [0.3, 0.4) is 0 Å². The van der Waals surface area contributed by atoms with Crippen LogP contribution in [0.25, 0.3) is 0 Å². The molecule has 0 saturated carbocycles. The van der Waals surface area contributed by atoms with Gasteiger partial charge in [-0.3, -0.25) is 9.79 Å². The Morgan fingerprint density at radius 2 is 2.42 bits per heavy atom. The van der Waals surface area contributed by atoms with Crippen molar-refractivity contribution in [3.05, 3.63) is 24.3 Å². The van der Waals surface area contributed by atoms with Crippen molar-refractivity contribution in [2.45, 2.75) is 6.92 Å². The molecule has 0 aliphatic heterocycles. The molecule has 1 N–H and O–H groups in total. The molecule has 0 amide bonds. The lowest BCUT2D eigenvalue weighted by molar-refractivity contribution is -0.138. The topological polar surface area (TPSA) is 49.7 Å². The first-order valence-corrected chi connectivity index (χ1v) is 3.87. The van der Waals surface area contributed by atoms with Crippen LogP contribution >= 0.6 is 0 Å². The summed E-state index contributed by atoms with van der Waals surface area (Å²) >= 11 is 0. The van der Waals surface area contributed by atoms with Crippen LogP contribution in [0.5, 0.6) is 0 Å². The molecule has 0 aromatic carbocycles. The van der Waals surface area contributed by atoms with Crippen LogP contribution in [0.1, 0.15) is 6.92 Å². The van der Waals surface area contributed by atoms with E-state index in [9.17, 15) is 4.79 Å². The lowest BCUT2D eigenvalue weighted by atomic mass is 9.99. The van der Waals surface area contributed by atoms with Gasteiger partial charge in [-0.15, -0.1) is 0 Å². The zero-order chi connectivity index (χ0) is 8.97. The van der Waals surface area contributed by atoms with Gasteiger partial charge in [0, 0.05) is 6.54 Å². The Kier molecular flexibility index (Phi) is 2.80. The fourth-order valence-electron chi connectivity index (χ4n) is 1.07. The van der Waals surface area contributed by atoms with Crippen molar-refractivity contribution in [1.29, 1.82) is 0 Å². The molecule has 1 atom stereocenters. The maximum atomic E-state index is 10.7. The summed E-state index contributed by atoms with van der Waals surface area (Å²) in [5, 5.41) is 8.77. The summed E-state index contributed by atoms with van der Waals surface area (Å²) in [5.41, 5.74) is 0.632. The van der Waals surface area contributed by atoms with Gasteiger partial charge in [0.1, 0.15) is 5.92 Å². The first-order valence-electron chi connectivity index (χ1n) is 3.87. The van der Waals surface area contributed by atoms with Crippen LogP contribution < -0.4 is 0 Å². The number of aliphatic carboxylic acids is 1. The normalized spacial score (nSPS) is 24.8. The third-order valence-corrected chi connectivity index (χ3v) is 1.61. The average molecular weight is 165 g/mol. The number of nitrogens with zero attached hydrogens (tertiary/aromatic N) is 1. The first kappa shape index (κ1) is 8.71. The molecule has 0 bridgehead atoms. The standard InChI is InChI=1S/C9H11NO2/c1-2-10-8-6-4-3-5-7(8)9(11)12/h3-7H,2H2,1H3,(H,11,12). The molecule has 0 spiro atoms. The van der Waals surface area contributed by atoms with Gasteiger partial charge in [0.15, 0.2) is 0 Å². The second-order valence-corrected chi connectivity index (χ2v) is 2.46. The number of allylic oxidation sites excluding steroid dienone is 3. The quantitative estimate of drug-likeness (QED) is 0.670. The minimum absolute atomic E-state index is 0.560. The van der Waals surface area contributed by atoms with Crippen LogP contribution in [0.2, 0.25) is 0 Å². The van der Waals surface area contributed by atoms with E-state index in [1.165, 1.54) is 0 Å². The van der Waals surface area contributed by atoms with Crippen molar-refractivity contribution in [2.75, 3.05) is 6.54 Å². The van der Waals surface area contributed by atoms with Gasteiger partial charge in [0.05, 0.1) is 5.71 Å². The fourth-order valence-corrected chi connectivity index (χ4v) is 1.07. The number of carboxylic acids is 1. The van der Waals surface area contributed by atoms with Gasteiger partial charge < -0.3 is 5.11 Å². The summed E-state index contributed by atoms with van der Waals surface area (Å²) in [7, 11) is 0. The van der Waals surface area contributed by atoms with Crippen molar-refractivity contribution >= 4 is 11.7 Å². The molecule has 3 nitrogen and oxygen atoms in total. The monoisotopic (exact) mass is 165 g/mol. The smallest absolute Gasteiger partial charge is 0.316 e. The highest BCUT2D eigenvalue weighted by molar-refractivity contribution is 6.10. The van der Waals surface area contributed by atoms with Gasteiger partial charge in [-0.25, -0.2) is 0 Å².